The molecule has 6 nitrogen and oxygen atoms in total. The van der Waals surface area contributed by atoms with Gasteiger partial charge in [0.25, 0.3) is 0 Å². The number of para-hydroxylation sites is 1. The van der Waals surface area contributed by atoms with Crippen LogP contribution >= 0.6 is 0 Å². The number of allylic oxidation sites excluding steroid dienone is 1. The first-order chi connectivity index (χ1) is 15.5. The number of anilines is 2. The van der Waals surface area contributed by atoms with Gasteiger partial charge >= 0.3 is 0 Å². The molecule has 3 aliphatic rings. The quantitative estimate of drug-likeness (QED) is 0.794. The highest BCUT2D eigenvalue weighted by atomic mass is 16.2. The lowest BCUT2D eigenvalue weighted by Gasteiger charge is -2.43. The Morgan fingerprint density at radius 3 is 2.50 bits per heavy atom. The van der Waals surface area contributed by atoms with E-state index in [2.05, 4.69) is 13.0 Å². The summed E-state index contributed by atoms with van der Waals surface area (Å²) in [5.41, 5.74) is 9.74. The number of carbonyl (C=O) groups excluding carboxylic acids is 2. The third-order valence-corrected chi connectivity index (χ3v) is 6.91. The van der Waals surface area contributed by atoms with E-state index >= 15 is 0 Å². The number of benzene rings is 2. The predicted octanol–water partition coefficient (Wildman–Crippen LogP) is 3.68. The van der Waals surface area contributed by atoms with Gasteiger partial charge in [0.05, 0.1) is 5.57 Å². The van der Waals surface area contributed by atoms with Crippen LogP contribution in [0.1, 0.15) is 37.3 Å². The summed E-state index contributed by atoms with van der Waals surface area (Å²) >= 11 is 0. The second-order valence-corrected chi connectivity index (χ2v) is 8.46. The maximum atomic E-state index is 13.9. The zero-order chi connectivity index (χ0) is 22.6. The molecule has 1 aliphatic carbocycles. The standard InChI is InChI=1S/C26H24N4O2/c1-3-16-11-13-17(14-12-16)30-21-9-6-10-22(31)23(21)26(19(15-27)24(30)28)18-7-4-5-8-20(18)29(2)25(26)32/h4-5,7-8,11-14H,3,6,9-10,28H2,1-2H3. The van der Waals surface area contributed by atoms with Crippen LogP contribution in [0.2, 0.25) is 0 Å². The minimum Gasteiger partial charge on any atom is -0.384 e. The number of nitrogens with two attached hydrogens (primary N) is 1. The van der Waals surface area contributed by atoms with Gasteiger partial charge in [-0.1, -0.05) is 37.3 Å². The summed E-state index contributed by atoms with van der Waals surface area (Å²) in [7, 11) is 1.69. The Morgan fingerprint density at radius 2 is 1.81 bits per heavy atom. The molecule has 0 bridgehead atoms. The molecule has 32 heavy (non-hydrogen) atoms. The Bertz CT molecular complexity index is 1270. The normalized spacial score (nSPS) is 22.4. The van der Waals surface area contributed by atoms with Crippen molar-refractivity contribution in [1.82, 2.24) is 0 Å². The summed E-state index contributed by atoms with van der Waals surface area (Å²) in [6.45, 7) is 2.09. The van der Waals surface area contributed by atoms with Crippen molar-refractivity contribution < 1.29 is 9.59 Å². The first-order valence-corrected chi connectivity index (χ1v) is 10.9. The van der Waals surface area contributed by atoms with Crippen LogP contribution in [0.5, 0.6) is 0 Å². The lowest BCUT2D eigenvalue weighted by atomic mass is 9.64. The van der Waals surface area contributed by atoms with Gasteiger partial charge in [-0.3, -0.25) is 14.5 Å². The van der Waals surface area contributed by atoms with E-state index in [4.69, 9.17) is 5.73 Å². The van der Waals surface area contributed by atoms with Gasteiger partial charge in [0.2, 0.25) is 5.91 Å². The first kappa shape index (κ1) is 20.1. The molecule has 2 aromatic rings. The fourth-order valence-corrected chi connectivity index (χ4v) is 5.41. The van der Waals surface area contributed by atoms with Gasteiger partial charge in [0.15, 0.2) is 5.78 Å². The lowest BCUT2D eigenvalue weighted by Crippen LogP contribution is -2.52. The largest absolute Gasteiger partial charge is 0.384 e. The van der Waals surface area contributed by atoms with Crippen molar-refractivity contribution in [2.24, 2.45) is 5.73 Å². The summed E-state index contributed by atoms with van der Waals surface area (Å²) < 4.78 is 0. The smallest absolute Gasteiger partial charge is 0.247 e. The maximum absolute atomic E-state index is 13.9. The van der Waals surface area contributed by atoms with E-state index in [0.29, 0.717) is 36.1 Å². The molecule has 5 rings (SSSR count). The van der Waals surface area contributed by atoms with Gasteiger partial charge in [-0.2, -0.15) is 5.26 Å². The molecule has 0 radical (unpaired) electrons. The van der Waals surface area contributed by atoms with Gasteiger partial charge in [-0.05, 0) is 43.0 Å². The molecule has 0 aromatic heterocycles. The predicted molar refractivity (Wildman–Crippen MR) is 123 cm³/mol. The summed E-state index contributed by atoms with van der Waals surface area (Å²) in [4.78, 5) is 30.7. The molecule has 2 heterocycles. The van der Waals surface area contributed by atoms with Crippen LogP contribution in [0.15, 0.2) is 71.2 Å². The topological polar surface area (TPSA) is 90.4 Å². The van der Waals surface area contributed by atoms with E-state index in [0.717, 1.165) is 17.8 Å². The molecule has 1 unspecified atom stereocenters. The summed E-state index contributed by atoms with van der Waals surface area (Å²) in [6.07, 6.45) is 2.54. The molecule has 2 aromatic carbocycles. The second kappa shape index (κ2) is 7.10. The van der Waals surface area contributed by atoms with E-state index in [-0.39, 0.29) is 23.1 Å². The monoisotopic (exact) mass is 424 g/mol. The number of likely N-dealkylation sites (N-methyl/N-ethyl adjacent to an activating group) is 1. The second-order valence-electron chi connectivity index (χ2n) is 8.46. The number of amides is 1. The van der Waals surface area contributed by atoms with Crippen LogP contribution < -0.4 is 15.5 Å². The average Bonchev–Trinajstić information content (AvgIpc) is 3.03. The first-order valence-electron chi connectivity index (χ1n) is 10.9. The molecular formula is C26H24N4O2. The van der Waals surface area contributed by atoms with Gasteiger partial charge in [-0.15, -0.1) is 0 Å². The van der Waals surface area contributed by atoms with Crippen LogP contribution in [0.4, 0.5) is 11.4 Å². The minimum absolute atomic E-state index is 0.0971. The molecule has 2 aliphatic heterocycles. The van der Waals surface area contributed by atoms with Crippen molar-refractivity contribution >= 4 is 23.1 Å². The molecule has 6 heteroatoms. The van der Waals surface area contributed by atoms with Crippen LogP contribution in [0.25, 0.3) is 0 Å². The number of hydrogen-bond acceptors (Lipinski definition) is 5. The molecule has 2 N–H and O–H groups in total. The SMILES string of the molecule is CCc1ccc(N2C(N)=C(C#N)C3(C(=O)N(C)c4ccccc43)C3=C2CCCC3=O)cc1. The fraction of sp³-hybridized carbons (Fsp3) is 0.269. The number of nitrogens with zero attached hydrogens (tertiary/aromatic N) is 3. The van der Waals surface area contributed by atoms with E-state index in [1.165, 1.54) is 10.5 Å². The Morgan fingerprint density at radius 1 is 1.09 bits per heavy atom. The Labute approximate surface area is 187 Å². The Balaban J connectivity index is 1.86. The third kappa shape index (κ3) is 2.39. The zero-order valence-corrected chi connectivity index (χ0v) is 18.2. The molecule has 1 atom stereocenters. The highest BCUT2D eigenvalue weighted by Crippen LogP contribution is 2.56. The molecule has 0 saturated carbocycles. The van der Waals surface area contributed by atoms with Gasteiger partial charge in [0.1, 0.15) is 17.3 Å². The maximum Gasteiger partial charge on any atom is 0.247 e. The molecular weight excluding hydrogens is 400 g/mol. The number of nitriles is 1. The third-order valence-electron chi connectivity index (χ3n) is 6.91. The number of Topliss-reactive ketones (excluding diaryl/α,β-unsaturated/α-hetero) is 1. The summed E-state index contributed by atoms with van der Waals surface area (Å²) in [6, 6.07) is 17.6. The fourth-order valence-electron chi connectivity index (χ4n) is 5.41. The van der Waals surface area contributed by atoms with Crippen LogP contribution in [0.3, 0.4) is 0 Å². The van der Waals surface area contributed by atoms with Crippen LogP contribution in [-0.2, 0) is 21.4 Å². The van der Waals surface area contributed by atoms with Gasteiger partial charge in [0, 0.05) is 41.7 Å². The number of fused-ring (bicyclic) bond motifs is 3. The minimum atomic E-state index is -1.49. The summed E-state index contributed by atoms with van der Waals surface area (Å²) in [5.74, 6) is -0.189. The Hall–Kier alpha value is -3.85. The number of aryl methyl sites for hydroxylation is 1. The number of rotatable bonds is 2. The molecule has 0 saturated heterocycles. The van der Waals surface area contributed by atoms with Crippen molar-refractivity contribution in [2.45, 2.75) is 38.0 Å². The van der Waals surface area contributed by atoms with E-state index in [9.17, 15) is 14.9 Å². The van der Waals surface area contributed by atoms with E-state index < -0.39 is 5.41 Å². The number of ketones is 1. The van der Waals surface area contributed by atoms with E-state index in [1.807, 2.05) is 53.4 Å². The highest BCUT2D eigenvalue weighted by Gasteiger charge is 2.61. The van der Waals surface area contributed by atoms with Gasteiger partial charge < -0.3 is 10.6 Å². The van der Waals surface area contributed by atoms with Crippen LogP contribution in [-0.4, -0.2) is 18.7 Å². The number of hydrogen-bond donors (Lipinski definition) is 1. The van der Waals surface area contributed by atoms with E-state index in [1.54, 1.807) is 7.05 Å². The molecule has 160 valence electrons. The average molecular weight is 425 g/mol. The lowest BCUT2D eigenvalue weighted by molar-refractivity contribution is -0.124. The Kier molecular flexibility index (Phi) is 4.45. The molecule has 1 spiro atoms. The van der Waals surface area contributed by atoms with Gasteiger partial charge in [-0.25, -0.2) is 0 Å². The van der Waals surface area contributed by atoms with Crippen molar-refractivity contribution in [3.8, 4) is 6.07 Å². The van der Waals surface area contributed by atoms with Crippen LogP contribution in [0, 0.1) is 11.3 Å². The van der Waals surface area contributed by atoms with Crippen molar-refractivity contribution in [3.05, 3.63) is 82.3 Å². The van der Waals surface area contributed by atoms with Crippen molar-refractivity contribution in [1.29, 1.82) is 5.26 Å². The molecule has 1 amide bonds. The van der Waals surface area contributed by atoms with Crippen molar-refractivity contribution in [2.75, 3.05) is 16.8 Å². The zero-order valence-electron chi connectivity index (χ0n) is 18.2. The van der Waals surface area contributed by atoms with Crippen molar-refractivity contribution in [3.63, 3.8) is 0 Å². The molecule has 0 fully saturated rings. The summed E-state index contributed by atoms with van der Waals surface area (Å²) in [5, 5.41) is 10.3. The highest BCUT2D eigenvalue weighted by molar-refractivity contribution is 6.20. The number of carbonyl (C=O) groups is 2.